The summed E-state index contributed by atoms with van der Waals surface area (Å²) in [5.74, 6) is -0.491. The van der Waals surface area contributed by atoms with Crippen molar-refractivity contribution >= 4 is 23.2 Å². The minimum atomic E-state index is -0.565. The first-order valence-electron chi connectivity index (χ1n) is 7.15. The summed E-state index contributed by atoms with van der Waals surface area (Å²) in [5.41, 5.74) is 2.07. The number of aromatic nitrogens is 1. The van der Waals surface area contributed by atoms with Crippen molar-refractivity contribution in [2.75, 3.05) is 10.6 Å². The highest BCUT2D eigenvalue weighted by atomic mass is 19.1. The van der Waals surface area contributed by atoms with Crippen LogP contribution in [0, 0.1) is 19.7 Å². The van der Waals surface area contributed by atoms with Gasteiger partial charge in [0, 0.05) is 24.6 Å². The van der Waals surface area contributed by atoms with Crippen molar-refractivity contribution in [1.82, 2.24) is 5.16 Å². The molecule has 23 heavy (non-hydrogen) atoms. The van der Waals surface area contributed by atoms with Crippen molar-refractivity contribution in [3.05, 3.63) is 41.0 Å². The van der Waals surface area contributed by atoms with E-state index in [2.05, 4.69) is 15.8 Å². The van der Waals surface area contributed by atoms with Crippen LogP contribution in [0.25, 0.3) is 0 Å². The van der Waals surface area contributed by atoms with Gasteiger partial charge in [0.15, 0.2) is 0 Å². The number of halogens is 1. The van der Waals surface area contributed by atoms with E-state index in [9.17, 15) is 14.0 Å². The molecule has 0 spiro atoms. The van der Waals surface area contributed by atoms with Gasteiger partial charge in [-0.05, 0) is 38.5 Å². The number of anilines is 2. The number of rotatable bonds is 5. The van der Waals surface area contributed by atoms with Crippen LogP contribution in [-0.4, -0.2) is 17.0 Å². The van der Waals surface area contributed by atoms with Gasteiger partial charge >= 0.3 is 0 Å². The molecule has 2 N–H and O–H groups in total. The molecule has 0 unspecified atom stereocenters. The summed E-state index contributed by atoms with van der Waals surface area (Å²) in [5, 5.41) is 8.87. The second-order valence-corrected chi connectivity index (χ2v) is 5.23. The van der Waals surface area contributed by atoms with Gasteiger partial charge in [-0.3, -0.25) is 9.59 Å². The molecule has 1 aromatic heterocycles. The van der Waals surface area contributed by atoms with Gasteiger partial charge in [-0.1, -0.05) is 5.16 Å². The summed E-state index contributed by atoms with van der Waals surface area (Å²) in [7, 11) is 0. The summed E-state index contributed by atoms with van der Waals surface area (Å²) < 4.78 is 18.8. The van der Waals surface area contributed by atoms with Crippen LogP contribution in [0.3, 0.4) is 0 Å². The largest absolute Gasteiger partial charge is 0.361 e. The Morgan fingerprint density at radius 1 is 1.26 bits per heavy atom. The molecule has 0 saturated heterocycles. The number of aryl methyl sites for hydroxylation is 2. The number of benzene rings is 1. The summed E-state index contributed by atoms with van der Waals surface area (Å²) >= 11 is 0. The number of hydrogen-bond acceptors (Lipinski definition) is 4. The summed E-state index contributed by atoms with van der Waals surface area (Å²) in [6.07, 6.45) is 0.632. The number of hydrogen-bond donors (Lipinski definition) is 2. The van der Waals surface area contributed by atoms with E-state index in [0.717, 1.165) is 11.3 Å². The fraction of sp³-hybridized carbons (Fsp3) is 0.312. The molecule has 6 nitrogen and oxygen atoms in total. The van der Waals surface area contributed by atoms with Crippen LogP contribution < -0.4 is 10.6 Å². The molecule has 1 heterocycles. The molecule has 0 saturated carbocycles. The number of nitrogens with zero attached hydrogens (tertiary/aromatic N) is 1. The molecule has 0 bridgehead atoms. The van der Waals surface area contributed by atoms with E-state index in [1.165, 1.54) is 25.1 Å². The van der Waals surface area contributed by atoms with E-state index in [0.29, 0.717) is 17.9 Å². The molecule has 0 aliphatic heterocycles. The zero-order valence-electron chi connectivity index (χ0n) is 13.2. The molecule has 2 amide bonds. The fourth-order valence-corrected chi connectivity index (χ4v) is 2.21. The highest BCUT2D eigenvalue weighted by molar-refractivity contribution is 5.93. The lowest BCUT2D eigenvalue weighted by molar-refractivity contribution is -0.116. The smallest absolute Gasteiger partial charge is 0.224 e. The zero-order chi connectivity index (χ0) is 17.0. The minimum absolute atomic E-state index is 0.0278. The Bertz CT molecular complexity index is 721. The van der Waals surface area contributed by atoms with Crippen LogP contribution in [-0.2, 0) is 16.0 Å². The Balaban J connectivity index is 2.01. The van der Waals surface area contributed by atoms with Crippen molar-refractivity contribution in [3.8, 4) is 0 Å². The topological polar surface area (TPSA) is 84.2 Å². The molecule has 122 valence electrons. The van der Waals surface area contributed by atoms with Crippen LogP contribution >= 0.6 is 0 Å². The van der Waals surface area contributed by atoms with Gasteiger partial charge in [-0.25, -0.2) is 4.39 Å². The van der Waals surface area contributed by atoms with Crippen LogP contribution in [0.15, 0.2) is 22.7 Å². The summed E-state index contributed by atoms with van der Waals surface area (Å²) in [6.45, 7) is 4.94. The molecule has 7 heteroatoms. The average Bonchev–Trinajstić information content (AvgIpc) is 2.79. The van der Waals surface area contributed by atoms with Crippen LogP contribution in [0.4, 0.5) is 15.8 Å². The normalized spacial score (nSPS) is 10.4. The van der Waals surface area contributed by atoms with Gasteiger partial charge in [0.25, 0.3) is 0 Å². The Morgan fingerprint density at radius 2 is 2.00 bits per heavy atom. The lowest BCUT2D eigenvalue weighted by Crippen LogP contribution is -2.14. The van der Waals surface area contributed by atoms with Crippen molar-refractivity contribution in [1.29, 1.82) is 0 Å². The van der Waals surface area contributed by atoms with Crippen molar-refractivity contribution in [2.45, 2.75) is 33.6 Å². The highest BCUT2D eigenvalue weighted by Gasteiger charge is 2.13. The number of nitrogens with one attached hydrogen (secondary N) is 2. The third kappa shape index (κ3) is 4.38. The van der Waals surface area contributed by atoms with Gasteiger partial charge < -0.3 is 15.2 Å². The Hall–Kier alpha value is -2.70. The molecule has 0 fully saturated rings. The Morgan fingerprint density at radius 3 is 2.61 bits per heavy atom. The van der Waals surface area contributed by atoms with Gasteiger partial charge in [-0.15, -0.1) is 0 Å². The molecule has 0 atom stereocenters. The molecule has 0 aliphatic rings. The van der Waals surface area contributed by atoms with Gasteiger partial charge in [-0.2, -0.15) is 0 Å². The van der Waals surface area contributed by atoms with Crippen LogP contribution in [0.5, 0.6) is 0 Å². The quantitative estimate of drug-likeness (QED) is 0.887. The predicted octanol–water partition coefficient (Wildman–Crippen LogP) is 2.96. The number of carbonyl (C=O) groups excluding carboxylic acids is 2. The van der Waals surface area contributed by atoms with E-state index < -0.39 is 5.82 Å². The van der Waals surface area contributed by atoms with E-state index in [-0.39, 0.29) is 23.9 Å². The van der Waals surface area contributed by atoms with E-state index in [4.69, 9.17) is 4.52 Å². The molecule has 2 aromatic rings. The maximum Gasteiger partial charge on any atom is 0.224 e. The summed E-state index contributed by atoms with van der Waals surface area (Å²) in [4.78, 5) is 23.0. The third-order valence-electron chi connectivity index (χ3n) is 3.34. The molecular formula is C16H18FN3O3. The summed E-state index contributed by atoms with van der Waals surface area (Å²) in [6, 6.07) is 4.00. The first-order chi connectivity index (χ1) is 10.9. The predicted molar refractivity (Wildman–Crippen MR) is 83.6 cm³/mol. The Kier molecular flexibility index (Phi) is 5.10. The zero-order valence-corrected chi connectivity index (χ0v) is 13.2. The molecule has 0 aliphatic carbocycles. The molecule has 0 radical (unpaired) electrons. The van der Waals surface area contributed by atoms with Crippen LogP contribution in [0.2, 0.25) is 0 Å². The first kappa shape index (κ1) is 16.7. The molecular weight excluding hydrogens is 301 g/mol. The van der Waals surface area contributed by atoms with Gasteiger partial charge in [0.2, 0.25) is 11.8 Å². The SMILES string of the molecule is CC(=O)Nc1ccc(F)c(NC(=O)CCc2c(C)noc2C)c1. The minimum Gasteiger partial charge on any atom is -0.361 e. The third-order valence-corrected chi connectivity index (χ3v) is 3.34. The maximum atomic E-state index is 13.8. The van der Waals surface area contributed by atoms with E-state index >= 15 is 0 Å². The van der Waals surface area contributed by atoms with Crippen LogP contribution in [0.1, 0.15) is 30.4 Å². The van der Waals surface area contributed by atoms with E-state index in [1.54, 1.807) is 13.8 Å². The van der Waals surface area contributed by atoms with E-state index in [1.807, 2.05) is 0 Å². The van der Waals surface area contributed by atoms with Crippen molar-refractivity contribution < 1.29 is 18.5 Å². The number of amides is 2. The lowest BCUT2D eigenvalue weighted by Gasteiger charge is -2.09. The number of carbonyl (C=O) groups is 2. The monoisotopic (exact) mass is 319 g/mol. The average molecular weight is 319 g/mol. The lowest BCUT2D eigenvalue weighted by atomic mass is 10.1. The van der Waals surface area contributed by atoms with Crippen molar-refractivity contribution in [2.24, 2.45) is 0 Å². The highest BCUT2D eigenvalue weighted by Crippen LogP contribution is 2.20. The standard InChI is InChI=1S/C16H18FN3O3/c1-9-13(10(2)23-20-9)5-7-16(22)19-15-8-12(18-11(3)21)4-6-14(15)17/h4,6,8H,5,7H2,1-3H3,(H,18,21)(H,19,22). The van der Waals surface area contributed by atoms with Gasteiger partial charge in [0.05, 0.1) is 11.4 Å². The second kappa shape index (κ2) is 7.04. The molecule has 2 rings (SSSR count). The Labute approximate surface area is 133 Å². The van der Waals surface area contributed by atoms with Crippen molar-refractivity contribution in [3.63, 3.8) is 0 Å². The fourth-order valence-electron chi connectivity index (χ4n) is 2.21. The maximum absolute atomic E-state index is 13.8. The molecule has 1 aromatic carbocycles. The second-order valence-electron chi connectivity index (χ2n) is 5.23. The van der Waals surface area contributed by atoms with Gasteiger partial charge in [0.1, 0.15) is 11.6 Å². The first-order valence-corrected chi connectivity index (χ1v) is 7.15.